The van der Waals surface area contributed by atoms with E-state index in [0.29, 0.717) is 12.1 Å². The number of aromatic nitrogens is 2. The van der Waals surface area contributed by atoms with Crippen LogP contribution in [-0.4, -0.2) is 16.1 Å². The number of carbonyl (C=O) groups is 1. The van der Waals surface area contributed by atoms with E-state index in [2.05, 4.69) is 27.6 Å². The number of aryl methyl sites for hydroxylation is 1. The molecule has 1 aromatic heterocycles. The number of nitrogens with zero attached hydrogens (tertiary/aromatic N) is 1. The smallest absolute Gasteiger partial charge is 0.251 e. The van der Waals surface area contributed by atoms with Crippen molar-refractivity contribution in [2.24, 2.45) is 0 Å². The first-order chi connectivity index (χ1) is 13.1. The van der Waals surface area contributed by atoms with Gasteiger partial charge in [-0.25, -0.2) is 4.39 Å². The first kappa shape index (κ1) is 15.8. The van der Waals surface area contributed by atoms with Crippen LogP contribution in [0.2, 0.25) is 0 Å². The van der Waals surface area contributed by atoms with Crippen molar-refractivity contribution >= 4 is 16.8 Å². The molecule has 1 aliphatic heterocycles. The standard InChI is InChI=1S/C22H16FN3O/c1-12-17-8-14(4-7-21(17)26-25-12)18-9-15-11-24-22(27)20(15)10-19(18)13-2-5-16(23)6-3-13/h2-10H,11H2,1H3,(H,24,27)(H,25,26). The molecule has 0 atom stereocenters. The van der Waals surface area contributed by atoms with Crippen molar-refractivity contribution in [1.29, 1.82) is 0 Å². The average Bonchev–Trinajstić information content (AvgIpc) is 3.24. The number of hydrogen-bond acceptors (Lipinski definition) is 2. The molecule has 27 heavy (non-hydrogen) atoms. The van der Waals surface area contributed by atoms with Crippen LogP contribution in [0.25, 0.3) is 33.2 Å². The van der Waals surface area contributed by atoms with E-state index in [0.717, 1.165) is 44.4 Å². The lowest BCUT2D eigenvalue weighted by atomic mass is 9.90. The fraction of sp³-hybridized carbons (Fsp3) is 0.0909. The Morgan fingerprint density at radius 3 is 2.48 bits per heavy atom. The lowest BCUT2D eigenvalue weighted by Crippen LogP contribution is -2.12. The van der Waals surface area contributed by atoms with Crippen LogP contribution in [0.3, 0.4) is 0 Å². The third kappa shape index (κ3) is 2.51. The minimum absolute atomic E-state index is 0.0685. The summed E-state index contributed by atoms with van der Waals surface area (Å²) in [6, 6.07) is 16.5. The monoisotopic (exact) mass is 357 g/mol. The molecular formula is C22H16FN3O. The summed E-state index contributed by atoms with van der Waals surface area (Å²) in [5.41, 5.74) is 7.41. The quantitative estimate of drug-likeness (QED) is 0.551. The zero-order chi connectivity index (χ0) is 18.5. The summed E-state index contributed by atoms with van der Waals surface area (Å²) in [7, 11) is 0. The number of rotatable bonds is 2. The number of H-pyrrole nitrogens is 1. The highest BCUT2D eigenvalue weighted by Gasteiger charge is 2.22. The van der Waals surface area contributed by atoms with Crippen LogP contribution in [0.15, 0.2) is 54.6 Å². The summed E-state index contributed by atoms with van der Waals surface area (Å²) in [5.74, 6) is -0.351. The van der Waals surface area contributed by atoms with E-state index in [9.17, 15) is 9.18 Å². The normalized spacial score (nSPS) is 13.0. The molecule has 0 aliphatic carbocycles. The van der Waals surface area contributed by atoms with Gasteiger partial charge in [0.2, 0.25) is 0 Å². The summed E-state index contributed by atoms with van der Waals surface area (Å²) in [4.78, 5) is 12.2. The van der Waals surface area contributed by atoms with E-state index in [1.54, 1.807) is 12.1 Å². The zero-order valence-electron chi connectivity index (χ0n) is 14.6. The Bertz CT molecular complexity index is 1210. The Labute approximate surface area is 155 Å². The maximum absolute atomic E-state index is 13.4. The third-order valence-corrected chi connectivity index (χ3v) is 5.14. The second kappa shape index (κ2) is 5.77. The summed E-state index contributed by atoms with van der Waals surface area (Å²) in [6.07, 6.45) is 0. The third-order valence-electron chi connectivity index (χ3n) is 5.14. The van der Waals surface area contributed by atoms with Crippen LogP contribution in [0, 0.1) is 12.7 Å². The van der Waals surface area contributed by atoms with Gasteiger partial charge in [-0.05, 0) is 71.1 Å². The summed E-state index contributed by atoms with van der Waals surface area (Å²) in [6.45, 7) is 2.52. The van der Waals surface area contributed by atoms with Crippen molar-refractivity contribution in [2.75, 3.05) is 0 Å². The van der Waals surface area contributed by atoms with Gasteiger partial charge < -0.3 is 5.32 Å². The first-order valence-corrected chi connectivity index (χ1v) is 8.76. The Hall–Kier alpha value is -3.47. The van der Waals surface area contributed by atoms with Crippen molar-refractivity contribution < 1.29 is 9.18 Å². The molecule has 3 aromatic carbocycles. The van der Waals surface area contributed by atoms with Crippen LogP contribution in [0.4, 0.5) is 4.39 Å². The van der Waals surface area contributed by atoms with Gasteiger partial charge in [-0.3, -0.25) is 9.89 Å². The number of hydrogen-bond donors (Lipinski definition) is 2. The number of halogens is 1. The van der Waals surface area contributed by atoms with E-state index in [-0.39, 0.29) is 11.7 Å². The highest BCUT2D eigenvalue weighted by atomic mass is 19.1. The van der Waals surface area contributed by atoms with Gasteiger partial charge in [0.05, 0.1) is 5.52 Å². The van der Waals surface area contributed by atoms with Crippen molar-refractivity contribution in [2.45, 2.75) is 13.5 Å². The predicted molar refractivity (Wildman–Crippen MR) is 103 cm³/mol. The van der Waals surface area contributed by atoms with Crippen LogP contribution >= 0.6 is 0 Å². The van der Waals surface area contributed by atoms with Gasteiger partial charge in [0.1, 0.15) is 5.82 Å². The number of carbonyl (C=O) groups excluding carboxylic acids is 1. The van der Waals surface area contributed by atoms with Crippen LogP contribution < -0.4 is 5.32 Å². The van der Waals surface area contributed by atoms with Crippen LogP contribution in [0.1, 0.15) is 21.6 Å². The van der Waals surface area contributed by atoms with Gasteiger partial charge in [0, 0.05) is 23.2 Å². The van der Waals surface area contributed by atoms with Gasteiger partial charge in [-0.1, -0.05) is 18.2 Å². The molecule has 0 unspecified atom stereocenters. The van der Waals surface area contributed by atoms with Crippen molar-refractivity contribution in [3.8, 4) is 22.3 Å². The molecule has 0 bridgehead atoms. The topological polar surface area (TPSA) is 57.8 Å². The minimum atomic E-state index is -0.283. The lowest BCUT2D eigenvalue weighted by Gasteiger charge is -2.13. The number of nitrogens with one attached hydrogen (secondary N) is 2. The van der Waals surface area contributed by atoms with Gasteiger partial charge in [0.15, 0.2) is 0 Å². The predicted octanol–water partition coefficient (Wildman–Crippen LogP) is 4.59. The second-order valence-electron chi connectivity index (χ2n) is 6.83. The molecule has 2 heterocycles. The maximum Gasteiger partial charge on any atom is 0.251 e. The van der Waals surface area contributed by atoms with Crippen molar-refractivity contribution in [3.05, 3.63) is 77.2 Å². The van der Waals surface area contributed by atoms with E-state index >= 15 is 0 Å². The molecule has 0 saturated heterocycles. The number of amides is 1. The van der Waals surface area contributed by atoms with E-state index in [1.165, 1.54) is 12.1 Å². The van der Waals surface area contributed by atoms with Gasteiger partial charge in [0.25, 0.3) is 5.91 Å². The SMILES string of the molecule is Cc1[nH]nc2ccc(-c3cc4c(cc3-c3ccc(F)cc3)C(=O)NC4)cc12. The van der Waals surface area contributed by atoms with Crippen LogP contribution in [0.5, 0.6) is 0 Å². The lowest BCUT2D eigenvalue weighted by molar-refractivity contribution is 0.0966. The molecule has 0 saturated carbocycles. The molecule has 4 nitrogen and oxygen atoms in total. The van der Waals surface area contributed by atoms with Gasteiger partial charge in [-0.15, -0.1) is 0 Å². The molecule has 5 rings (SSSR count). The Kier molecular flexibility index (Phi) is 3.37. The molecule has 1 amide bonds. The van der Waals surface area contributed by atoms with E-state index in [1.807, 2.05) is 25.1 Å². The maximum atomic E-state index is 13.4. The Balaban J connectivity index is 1.77. The molecule has 0 radical (unpaired) electrons. The average molecular weight is 357 g/mol. The number of aromatic amines is 1. The highest BCUT2D eigenvalue weighted by molar-refractivity contribution is 6.02. The van der Waals surface area contributed by atoms with Crippen molar-refractivity contribution in [3.63, 3.8) is 0 Å². The second-order valence-corrected chi connectivity index (χ2v) is 6.83. The minimum Gasteiger partial charge on any atom is -0.348 e. The number of fused-ring (bicyclic) bond motifs is 2. The van der Waals surface area contributed by atoms with E-state index < -0.39 is 0 Å². The summed E-state index contributed by atoms with van der Waals surface area (Å²) in [5, 5.41) is 11.2. The Morgan fingerprint density at radius 1 is 0.926 bits per heavy atom. The fourth-order valence-electron chi connectivity index (χ4n) is 3.69. The Morgan fingerprint density at radius 2 is 1.67 bits per heavy atom. The van der Waals surface area contributed by atoms with E-state index in [4.69, 9.17) is 0 Å². The number of benzene rings is 3. The molecule has 0 fully saturated rings. The first-order valence-electron chi connectivity index (χ1n) is 8.76. The molecular weight excluding hydrogens is 341 g/mol. The molecule has 0 spiro atoms. The highest BCUT2D eigenvalue weighted by Crippen LogP contribution is 2.37. The molecule has 1 aliphatic rings. The van der Waals surface area contributed by atoms with Gasteiger partial charge in [-0.2, -0.15) is 5.10 Å². The molecule has 5 heteroatoms. The van der Waals surface area contributed by atoms with Gasteiger partial charge >= 0.3 is 0 Å². The molecule has 4 aromatic rings. The summed E-state index contributed by atoms with van der Waals surface area (Å²) >= 11 is 0. The van der Waals surface area contributed by atoms with Crippen molar-refractivity contribution in [1.82, 2.24) is 15.5 Å². The molecule has 132 valence electrons. The zero-order valence-corrected chi connectivity index (χ0v) is 14.6. The fourth-order valence-corrected chi connectivity index (χ4v) is 3.69. The van der Waals surface area contributed by atoms with Crippen LogP contribution in [-0.2, 0) is 6.54 Å². The largest absolute Gasteiger partial charge is 0.348 e. The summed E-state index contributed by atoms with van der Waals surface area (Å²) < 4.78 is 13.4. The molecule has 2 N–H and O–H groups in total.